The molecule has 1 fully saturated rings. The fourth-order valence-corrected chi connectivity index (χ4v) is 2.47. The lowest BCUT2D eigenvalue weighted by Gasteiger charge is -2.36. The lowest BCUT2D eigenvalue weighted by Crippen LogP contribution is -2.47. The Morgan fingerprint density at radius 2 is 1.90 bits per heavy atom. The van der Waals surface area contributed by atoms with Crippen LogP contribution >= 0.6 is 0 Å². The number of anilines is 1. The van der Waals surface area contributed by atoms with E-state index >= 15 is 0 Å². The van der Waals surface area contributed by atoms with Gasteiger partial charge in [-0.1, -0.05) is 0 Å². The first-order valence-electron chi connectivity index (χ1n) is 7.13. The normalized spacial score (nSPS) is 17.7. The summed E-state index contributed by atoms with van der Waals surface area (Å²) in [5.41, 5.74) is 1.67. The molecule has 0 spiro atoms. The summed E-state index contributed by atoms with van der Waals surface area (Å²) in [6.07, 6.45) is -1.20. The van der Waals surface area contributed by atoms with E-state index < -0.39 is 6.23 Å². The maximum atomic E-state index is 11.0. The number of ether oxygens (including phenoxy) is 1. The van der Waals surface area contributed by atoms with Crippen LogP contribution in [0.3, 0.4) is 0 Å². The van der Waals surface area contributed by atoms with Crippen molar-refractivity contribution < 1.29 is 14.6 Å². The number of aliphatic hydroxyl groups is 1. The molecule has 0 saturated carbocycles. The lowest BCUT2D eigenvalue weighted by molar-refractivity contribution is -0.552. The number of benzene rings is 1. The van der Waals surface area contributed by atoms with Crippen molar-refractivity contribution >= 4 is 12.4 Å². The van der Waals surface area contributed by atoms with Crippen molar-refractivity contribution in [1.29, 1.82) is 0 Å². The van der Waals surface area contributed by atoms with Gasteiger partial charge in [-0.05, 0) is 24.3 Å². The molecule has 1 aromatic carbocycles. The molecule has 0 amide bonds. The molecule has 1 atom stereocenters. The van der Waals surface area contributed by atoms with Crippen LogP contribution in [0.25, 0.3) is 0 Å². The quantitative estimate of drug-likeness (QED) is 0.274. The standard InChI is InChI=1S/C15H23N3O3/c1-16(20)15(19)13-3-5-14(6-4-13)18-9-7-17(8-10-18)11-12-21-2/h3-6,15,19H,1,7-12H2,2H3. The molecule has 1 aliphatic rings. The monoisotopic (exact) mass is 293 g/mol. The summed E-state index contributed by atoms with van der Waals surface area (Å²) >= 11 is 0. The second-order valence-electron chi connectivity index (χ2n) is 5.20. The van der Waals surface area contributed by atoms with Crippen molar-refractivity contribution in [3.8, 4) is 0 Å². The van der Waals surface area contributed by atoms with Crippen molar-refractivity contribution in [3.05, 3.63) is 35.0 Å². The summed E-state index contributed by atoms with van der Waals surface area (Å²) in [5, 5.41) is 20.6. The Morgan fingerprint density at radius 1 is 1.29 bits per heavy atom. The molecule has 6 heteroatoms. The Balaban J connectivity index is 1.90. The van der Waals surface area contributed by atoms with E-state index in [2.05, 4.69) is 16.5 Å². The molecule has 0 bridgehead atoms. The van der Waals surface area contributed by atoms with Crippen LogP contribution in [0.15, 0.2) is 24.3 Å². The van der Waals surface area contributed by atoms with Gasteiger partial charge in [0, 0.05) is 45.5 Å². The van der Waals surface area contributed by atoms with E-state index in [1.807, 2.05) is 12.1 Å². The van der Waals surface area contributed by atoms with Gasteiger partial charge in [-0.2, -0.15) is 4.74 Å². The van der Waals surface area contributed by atoms with Gasteiger partial charge in [0.25, 0.3) is 6.23 Å². The number of aliphatic hydroxyl groups excluding tert-OH is 1. The lowest BCUT2D eigenvalue weighted by atomic mass is 10.1. The van der Waals surface area contributed by atoms with Crippen molar-refractivity contribution in [1.82, 2.24) is 4.90 Å². The molecule has 1 saturated heterocycles. The van der Waals surface area contributed by atoms with Gasteiger partial charge in [-0.3, -0.25) is 4.90 Å². The number of methoxy groups -OCH3 is 1. The number of piperazine rings is 1. The molecule has 0 radical (unpaired) electrons. The molecule has 116 valence electrons. The number of hydroxylamine groups is 1. The largest absolute Gasteiger partial charge is 0.622 e. The minimum absolute atomic E-state index is 0.295. The zero-order chi connectivity index (χ0) is 15.2. The molecule has 6 nitrogen and oxygen atoms in total. The highest BCUT2D eigenvalue weighted by molar-refractivity contribution is 5.48. The molecular formula is C15H23N3O3. The highest BCUT2D eigenvalue weighted by Gasteiger charge is 2.18. The Morgan fingerprint density at radius 3 is 2.43 bits per heavy atom. The van der Waals surface area contributed by atoms with Crippen molar-refractivity contribution in [2.75, 3.05) is 51.3 Å². The highest BCUT2D eigenvalue weighted by Crippen LogP contribution is 2.20. The van der Waals surface area contributed by atoms with Crippen LogP contribution in [0.5, 0.6) is 0 Å². The summed E-state index contributed by atoms with van der Waals surface area (Å²) < 4.78 is 5.39. The summed E-state index contributed by atoms with van der Waals surface area (Å²) in [6.45, 7) is 8.86. The molecule has 1 unspecified atom stereocenters. The van der Waals surface area contributed by atoms with E-state index in [1.54, 1.807) is 19.2 Å². The van der Waals surface area contributed by atoms with E-state index in [4.69, 9.17) is 4.74 Å². The first-order valence-corrected chi connectivity index (χ1v) is 7.13. The van der Waals surface area contributed by atoms with Crippen molar-refractivity contribution in [2.45, 2.75) is 6.23 Å². The topological polar surface area (TPSA) is 62.0 Å². The van der Waals surface area contributed by atoms with Gasteiger partial charge in [0.1, 0.15) is 6.72 Å². The molecule has 1 heterocycles. The summed E-state index contributed by atoms with van der Waals surface area (Å²) in [5.74, 6) is 0. The van der Waals surface area contributed by atoms with E-state index in [1.165, 1.54) is 0 Å². The van der Waals surface area contributed by atoms with E-state index in [0.29, 0.717) is 10.3 Å². The van der Waals surface area contributed by atoms with Gasteiger partial charge >= 0.3 is 0 Å². The first kappa shape index (κ1) is 15.8. The molecule has 21 heavy (non-hydrogen) atoms. The van der Waals surface area contributed by atoms with Gasteiger partial charge in [0.2, 0.25) is 0 Å². The first-order chi connectivity index (χ1) is 10.1. The third-order valence-corrected chi connectivity index (χ3v) is 3.81. The SMILES string of the molecule is C=[N+]([O-])C(O)c1ccc(N2CCN(CCOC)CC2)cc1. The maximum absolute atomic E-state index is 11.0. The predicted octanol–water partition coefficient (Wildman–Crippen LogP) is 0.657. The summed E-state index contributed by atoms with van der Waals surface area (Å²) in [6, 6.07) is 7.42. The fourth-order valence-electron chi connectivity index (χ4n) is 2.47. The summed E-state index contributed by atoms with van der Waals surface area (Å²) in [4.78, 5) is 4.69. The second kappa shape index (κ2) is 7.40. The van der Waals surface area contributed by atoms with Crippen LogP contribution in [0.1, 0.15) is 11.8 Å². The average molecular weight is 293 g/mol. The van der Waals surface area contributed by atoms with Gasteiger partial charge < -0.3 is 20.0 Å². The Bertz CT molecular complexity index is 456. The van der Waals surface area contributed by atoms with Gasteiger partial charge in [0.05, 0.1) is 12.2 Å². The summed E-state index contributed by atoms with van der Waals surface area (Å²) in [7, 11) is 1.72. The third-order valence-electron chi connectivity index (χ3n) is 3.81. The van der Waals surface area contributed by atoms with Crippen LogP contribution in [0.2, 0.25) is 0 Å². The number of hydrogen-bond acceptors (Lipinski definition) is 5. The zero-order valence-corrected chi connectivity index (χ0v) is 12.4. The highest BCUT2D eigenvalue weighted by atomic mass is 16.5. The maximum Gasteiger partial charge on any atom is 0.291 e. The average Bonchev–Trinajstić information content (AvgIpc) is 2.53. The van der Waals surface area contributed by atoms with Gasteiger partial charge in [-0.25, -0.2) is 0 Å². The number of nitrogens with zero attached hydrogens (tertiary/aromatic N) is 3. The minimum Gasteiger partial charge on any atom is -0.622 e. The predicted molar refractivity (Wildman–Crippen MR) is 82.7 cm³/mol. The van der Waals surface area contributed by atoms with Crippen LogP contribution in [-0.2, 0) is 4.74 Å². The van der Waals surface area contributed by atoms with Crippen molar-refractivity contribution in [3.63, 3.8) is 0 Å². The van der Waals surface area contributed by atoms with E-state index in [9.17, 15) is 10.3 Å². The number of hydrogen-bond donors (Lipinski definition) is 1. The zero-order valence-electron chi connectivity index (χ0n) is 12.4. The second-order valence-corrected chi connectivity index (χ2v) is 5.20. The third kappa shape index (κ3) is 4.17. The van der Waals surface area contributed by atoms with Crippen LogP contribution < -0.4 is 4.90 Å². The minimum atomic E-state index is -1.20. The van der Waals surface area contributed by atoms with E-state index in [0.717, 1.165) is 45.0 Å². The van der Waals surface area contributed by atoms with Gasteiger partial charge in [0.15, 0.2) is 0 Å². The Labute approximate surface area is 125 Å². The molecule has 1 N–H and O–H groups in total. The number of rotatable bonds is 6. The Kier molecular flexibility index (Phi) is 5.55. The van der Waals surface area contributed by atoms with Crippen LogP contribution in [-0.4, -0.2) is 67.9 Å². The molecular weight excluding hydrogens is 270 g/mol. The molecule has 1 aliphatic heterocycles. The van der Waals surface area contributed by atoms with Crippen LogP contribution in [0, 0.1) is 5.21 Å². The van der Waals surface area contributed by atoms with E-state index in [-0.39, 0.29) is 0 Å². The fraction of sp³-hybridized carbons (Fsp3) is 0.533. The van der Waals surface area contributed by atoms with Crippen molar-refractivity contribution in [2.24, 2.45) is 0 Å². The molecule has 0 aliphatic carbocycles. The molecule has 1 aromatic rings. The van der Waals surface area contributed by atoms with Crippen LogP contribution in [0.4, 0.5) is 5.69 Å². The van der Waals surface area contributed by atoms with Gasteiger partial charge in [-0.15, -0.1) is 0 Å². The smallest absolute Gasteiger partial charge is 0.291 e. The Hall–Kier alpha value is -1.63. The molecule has 2 rings (SSSR count). The molecule has 0 aromatic heterocycles.